The first-order valence-electron chi connectivity index (χ1n) is 7.48. The first kappa shape index (κ1) is 17.1. The van der Waals surface area contributed by atoms with Gasteiger partial charge in [0.25, 0.3) is 0 Å². The van der Waals surface area contributed by atoms with E-state index < -0.39 is 0 Å². The maximum Gasteiger partial charge on any atom is 0.147 e. The Morgan fingerprint density at radius 2 is 1.74 bits per heavy atom. The second-order valence-corrected chi connectivity index (χ2v) is 6.38. The SMILES string of the molecule is CCCOC(CC)(OCCC)[Si]CCOCC1CO1. The van der Waals surface area contributed by atoms with Gasteiger partial charge >= 0.3 is 0 Å². The van der Waals surface area contributed by atoms with Crippen molar-refractivity contribution >= 4 is 9.52 Å². The van der Waals surface area contributed by atoms with E-state index in [1.165, 1.54) is 0 Å². The molecule has 0 aromatic carbocycles. The largest absolute Gasteiger partial charge is 0.379 e. The van der Waals surface area contributed by atoms with E-state index in [4.69, 9.17) is 18.9 Å². The monoisotopic (exact) mass is 288 g/mol. The molecule has 4 nitrogen and oxygen atoms in total. The van der Waals surface area contributed by atoms with Crippen molar-refractivity contribution in [3.8, 4) is 0 Å². The number of rotatable bonds is 13. The maximum absolute atomic E-state index is 5.98. The molecule has 1 rings (SSSR count). The van der Waals surface area contributed by atoms with Crippen LogP contribution in [0.15, 0.2) is 0 Å². The molecular weight excluding hydrogens is 260 g/mol. The maximum atomic E-state index is 5.98. The fourth-order valence-electron chi connectivity index (χ4n) is 1.70. The molecule has 0 N–H and O–H groups in total. The van der Waals surface area contributed by atoms with Crippen LogP contribution >= 0.6 is 0 Å². The van der Waals surface area contributed by atoms with Crippen LogP contribution in [0.3, 0.4) is 0 Å². The number of epoxide rings is 1. The number of ether oxygens (including phenoxy) is 4. The summed E-state index contributed by atoms with van der Waals surface area (Å²) in [6.07, 6.45) is 3.30. The van der Waals surface area contributed by atoms with Crippen LogP contribution in [0.4, 0.5) is 0 Å². The van der Waals surface area contributed by atoms with Gasteiger partial charge in [-0.1, -0.05) is 20.8 Å². The predicted molar refractivity (Wildman–Crippen MR) is 76.6 cm³/mol. The van der Waals surface area contributed by atoms with Crippen LogP contribution in [0.1, 0.15) is 40.0 Å². The molecule has 5 heteroatoms. The Kier molecular flexibility index (Phi) is 8.90. The van der Waals surface area contributed by atoms with Crippen LogP contribution in [0.5, 0.6) is 0 Å². The fraction of sp³-hybridized carbons (Fsp3) is 1.00. The summed E-state index contributed by atoms with van der Waals surface area (Å²) >= 11 is 0. The summed E-state index contributed by atoms with van der Waals surface area (Å²) in [5, 5.41) is 0. The van der Waals surface area contributed by atoms with Gasteiger partial charge in [0, 0.05) is 19.8 Å². The smallest absolute Gasteiger partial charge is 0.147 e. The van der Waals surface area contributed by atoms with Gasteiger partial charge in [-0.15, -0.1) is 0 Å². The Bertz CT molecular complexity index is 213. The normalized spacial score (nSPS) is 18.8. The molecule has 1 aliphatic rings. The van der Waals surface area contributed by atoms with Crippen molar-refractivity contribution < 1.29 is 18.9 Å². The summed E-state index contributed by atoms with van der Waals surface area (Å²) in [7, 11) is 0.627. The summed E-state index contributed by atoms with van der Waals surface area (Å²) in [6, 6.07) is 0.994. The van der Waals surface area contributed by atoms with Gasteiger partial charge in [-0.25, -0.2) is 0 Å². The lowest BCUT2D eigenvalue weighted by molar-refractivity contribution is -0.182. The highest BCUT2D eigenvalue weighted by Crippen LogP contribution is 2.19. The Balaban J connectivity index is 2.23. The molecule has 0 bridgehead atoms. The lowest BCUT2D eigenvalue weighted by Gasteiger charge is -2.32. The standard InChI is InChI=1S/C14H28O4Si/c1-4-7-17-14(6-3,18-8-5-2)19-10-9-15-11-13-12-16-13/h13H,4-12H2,1-3H3. The third-order valence-electron chi connectivity index (χ3n) is 2.89. The molecule has 1 fully saturated rings. The topological polar surface area (TPSA) is 40.2 Å². The molecule has 2 radical (unpaired) electrons. The molecule has 1 aliphatic heterocycles. The van der Waals surface area contributed by atoms with Gasteiger partial charge in [-0.3, -0.25) is 0 Å². The summed E-state index contributed by atoms with van der Waals surface area (Å²) < 4.78 is 22.6. The van der Waals surface area contributed by atoms with E-state index in [1.807, 2.05) is 0 Å². The van der Waals surface area contributed by atoms with Crippen LogP contribution in [0.25, 0.3) is 0 Å². The zero-order valence-electron chi connectivity index (χ0n) is 12.6. The third-order valence-corrected chi connectivity index (χ3v) is 4.53. The molecule has 0 spiro atoms. The van der Waals surface area contributed by atoms with Gasteiger partial charge in [0.2, 0.25) is 0 Å². The molecule has 19 heavy (non-hydrogen) atoms. The highest BCUT2D eigenvalue weighted by molar-refractivity contribution is 6.39. The van der Waals surface area contributed by atoms with E-state index in [-0.39, 0.29) is 5.41 Å². The lowest BCUT2D eigenvalue weighted by atomic mass is 10.4. The Morgan fingerprint density at radius 3 is 2.21 bits per heavy atom. The van der Waals surface area contributed by atoms with Crippen molar-refractivity contribution in [3.63, 3.8) is 0 Å². The van der Waals surface area contributed by atoms with Gasteiger partial charge in [0.1, 0.15) is 21.0 Å². The number of hydrogen-bond donors (Lipinski definition) is 0. The highest BCUT2D eigenvalue weighted by atomic mass is 28.2. The molecule has 0 aromatic rings. The van der Waals surface area contributed by atoms with Crippen molar-refractivity contribution in [2.75, 3.05) is 33.0 Å². The van der Waals surface area contributed by atoms with Crippen LogP contribution in [0, 0.1) is 0 Å². The average molecular weight is 288 g/mol. The molecule has 1 atom stereocenters. The minimum atomic E-state index is -0.383. The first-order valence-corrected chi connectivity index (χ1v) is 8.69. The van der Waals surface area contributed by atoms with Crippen LogP contribution in [0.2, 0.25) is 6.04 Å². The van der Waals surface area contributed by atoms with Gasteiger partial charge in [-0.05, 0) is 25.3 Å². The van der Waals surface area contributed by atoms with E-state index >= 15 is 0 Å². The van der Waals surface area contributed by atoms with Crippen molar-refractivity contribution in [1.29, 1.82) is 0 Å². The minimum Gasteiger partial charge on any atom is -0.379 e. The second-order valence-electron chi connectivity index (χ2n) is 4.76. The lowest BCUT2D eigenvalue weighted by Crippen LogP contribution is -2.42. The van der Waals surface area contributed by atoms with E-state index in [9.17, 15) is 0 Å². The fourth-order valence-corrected chi connectivity index (χ4v) is 2.98. The van der Waals surface area contributed by atoms with E-state index in [2.05, 4.69) is 20.8 Å². The molecule has 0 saturated carbocycles. The summed E-state index contributed by atoms with van der Waals surface area (Å²) in [5.41, 5.74) is -0.383. The molecular formula is C14H28O4Si. The molecule has 1 unspecified atom stereocenters. The molecule has 1 heterocycles. The van der Waals surface area contributed by atoms with E-state index in [0.29, 0.717) is 15.6 Å². The van der Waals surface area contributed by atoms with Gasteiger partial charge < -0.3 is 18.9 Å². The Labute approximate surface area is 120 Å². The van der Waals surface area contributed by atoms with E-state index in [1.54, 1.807) is 0 Å². The summed E-state index contributed by atoms with van der Waals surface area (Å²) in [6.45, 7) is 10.3. The van der Waals surface area contributed by atoms with Gasteiger partial charge in [0.15, 0.2) is 0 Å². The molecule has 1 saturated heterocycles. The van der Waals surface area contributed by atoms with Crippen molar-refractivity contribution in [2.24, 2.45) is 0 Å². The van der Waals surface area contributed by atoms with Crippen molar-refractivity contribution in [3.05, 3.63) is 0 Å². The molecule has 0 amide bonds. The summed E-state index contributed by atoms with van der Waals surface area (Å²) in [4.78, 5) is 0. The average Bonchev–Trinajstić information content (AvgIpc) is 3.25. The molecule has 112 valence electrons. The Morgan fingerprint density at radius 1 is 1.11 bits per heavy atom. The zero-order valence-corrected chi connectivity index (χ0v) is 13.6. The summed E-state index contributed by atoms with van der Waals surface area (Å²) in [5.74, 6) is 0. The number of hydrogen-bond acceptors (Lipinski definition) is 4. The van der Waals surface area contributed by atoms with E-state index in [0.717, 1.165) is 58.3 Å². The van der Waals surface area contributed by atoms with Crippen LogP contribution < -0.4 is 0 Å². The minimum absolute atomic E-state index is 0.354. The van der Waals surface area contributed by atoms with Gasteiger partial charge in [0.05, 0.1) is 13.2 Å². The van der Waals surface area contributed by atoms with Gasteiger partial charge in [-0.2, -0.15) is 0 Å². The van der Waals surface area contributed by atoms with Crippen molar-refractivity contribution in [1.82, 2.24) is 0 Å². The molecule has 0 aliphatic carbocycles. The third kappa shape index (κ3) is 7.42. The highest BCUT2D eigenvalue weighted by Gasteiger charge is 2.30. The quantitative estimate of drug-likeness (QED) is 0.226. The Hall–Kier alpha value is 0.0569. The zero-order chi connectivity index (χ0) is 14.0. The van der Waals surface area contributed by atoms with Crippen LogP contribution in [-0.2, 0) is 18.9 Å². The second kappa shape index (κ2) is 9.88. The predicted octanol–water partition coefficient (Wildman–Crippen LogP) is 2.44. The van der Waals surface area contributed by atoms with Crippen molar-refractivity contribution in [2.45, 2.75) is 57.6 Å². The first-order chi connectivity index (χ1) is 9.26. The molecule has 0 aromatic heterocycles. The van der Waals surface area contributed by atoms with Crippen LogP contribution in [-0.4, -0.2) is 54.1 Å².